The predicted octanol–water partition coefficient (Wildman–Crippen LogP) is 6.86. The molecule has 0 spiro atoms. The molecule has 7 aromatic rings. The first-order valence-electron chi connectivity index (χ1n) is 13.2. The molecule has 7 rings (SSSR count). The fraction of sp³-hybridized carbons (Fsp3) is 0.129. The number of pyridine rings is 3. The Balaban J connectivity index is 1.12. The van der Waals surface area contributed by atoms with Crippen LogP contribution >= 0.6 is 27.7 Å². The van der Waals surface area contributed by atoms with Crippen LogP contribution in [0, 0.1) is 0 Å². The summed E-state index contributed by atoms with van der Waals surface area (Å²) in [6.07, 6.45) is 10.4. The zero-order valence-corrected chi connectivity index (χ0v) is 25.1. The highest BCUT2D eigenvalue weighted by Gasteiger charge is 2.13. The third kappa shape index (κ3) is 4.94. The lowest BCUT2D eigenvalue weighted by Crippen LogP contribution is -2.04. The lowest BCUT2D eigenvalue weighted by atomic mass is 10.1. The molecule has 0 saturated heterocycles. The third-order valence-corrected chi connectivity index (χ3v) is 8.55. The molecule has 5 aromatic heterocycles. The van der Waals surface area contributed by atoms with Gasteiger partial charge in [0.15, 0.2) is 10.8 Å². The van der Waals surface area contributed by atoms with Crippen LogP contribution in [-0.4, -0.2) is 48.6 Å². The monoisotopic (exact) mass is 637 g/mol. The van der Waals surface area contributed by atoms with Crippen LogP contribution in [-0.2, 0) is 13.0 Å². The molecule has 0 aliphatic heterocycles. The minimum Gasteiger partial charge on any atom is -0.496 e. The number of fused-ring (bicyclic) bond motifs is 3. The smallest absolute Gasteiger partial charge is 0.200 e. The van der Waals surface area contributed by atoms with E-state index in [1.165, 1.54) is 0 Å². The second-order valence-electron chi connectivity index (χ2n) is 9.64. The zero-order valence-electron chi connectivity index (χ0n) is 22.7. The second-order valence-corrected chi connectivity index (χ2v) is 11.6. The van der Waals surface area contributed by atoms with Crippen molar-refractivity contribution in [2.24, 2.45) is 0 Å². The van der Waals surface area contributed by atoms with Crippen LogP contribution in [0.1, 0.15) is 5.56 Å². The van der Waals surface area contributed by atoms with Crippen LogP contribution in [0.25, 0.3) is 38.6 Å². The van der Waals surface area contributed by atoms with Gasteiger partial charge in [-0.05, 0) is 72.8 Å². The van der Waals surface area contributed by atoms with E-state index in [-0.39, 0.29) is 0 Å². The zero-order chi connectivity index (χ0) is 28.6. The van der Waals surface area contributed by atoms with Gasteiger partial charge in [-0.25, -0.2) is 0 Å². The van der Waals surface area contributed by atoms with E-state index < -0.39 is 0 Å². The second kappa shape index (κ2) is 11.1. The first-order chi connectivity index (χ1) is 20.6. The Bertz CT molecular complexity index is 2090. The molecule has 42 heavy (non-hydrogen) atoms. The van der Waals surface area contributed by atoms with Crippen LogP contribution in [0.5, 0.6) is 11.5 Å². The molecule has 0 aliphatic rings. The lowest BCUT2D eigenvalue weighted by molar-refractivity contribution is 0.412. The summed E-state index contributed by atoms with van der Waals surface area (Å²) in [5, 5.41) is 16.2. The highest BCUT2D eigenvalue weighted by molar-refractivity contribution is 9.10. The Kier molecular flexibility index (Phi) is 6.96. The third-order valence-electron chi connectivity index (χ3n) is 7.11. The topological polar surface area (TPSA) is 92.2 Å². The number of hydrogen-bond acceptors (Lipinski definition) is 8. The van der Waals surface area contributed by atoms with Gasteiger partial charge < -0.3 is 9.47 Å². The van der Waals surface area contributed by atoms with Crippen molar-refractivity contribution < 1.29 is 9.47 Å². The highest BCUT2D eigenvalue weighted by atomic mass is 79.9. The van der Waals surface area contributed by atoms with Gasteiger partial charge in [0.05, 0.1) is 31.4 Å². The number of aromatic nitrogens is 7. The fourth-order valence-electron chi connectivity index (χ4n) is 5.03. The number of ether oxygens (including phenoxy) is 2. The molecule has 208 valence electrons. The molecule has 0 radical (unpaired) electrons. The van der Waals surface area contributed by atoms with E-state index in [4.69, 9.17) is 9.47 Å². The molecule has 5 heterocycles. The molecule has 11 heteroatoms. The van der Waals surface area contributed by atoms with E-state index in [0.29, 0.717) is 6.54 Å². The molecule has 0 bridgehead atoms. The van der Waals surface area contributed by atoms with Crippen molar-refractivity contribution in [3.05, 3.63) is 95.6 Å². The van der Waals surface area contributed by atoms with Crippen molar-refractivity contribution >= 4 is 55.1 Å². The van der Waals surface area contributed by atoms with Crippen molar-refractivity contribution in [3.8, 4) is 22.6 Å². The van der Waals surface area contributed by atoms with Crippen LogP contribution < -0.4 is 9.47 Å². The van der Waals surface area contributed by atoms with Crippen LogP contribution in [0.3, 0.4) is 0 Å². The molecule has 0 N–H and O–H groups in total. The standard InChI is InChI=1S/C31H24BrN7O2S/c1-40-28-9-11-33-26-7-5-23(14-24(26)28)42-31-37-36-29-8-3-20(18-39(29)31)21-16-35-38(17-21)12-10-19-15-34-27-6-4-22(32)13-25(27)30(19)41-2/h3-9,11,13-18H,10,12H2,1-2H3. The van der Waals surface area contributed by atoms with Gasteiger partial charge in [-0.3, -0.25) is 19.1 Å². The molecule has 9 nitrogen and oxygen atoms in total. The maximum Gasteiger partial charge on any atom is 0.200 e. The molecule has 0 unspecified atom stereocenters. The van der Waals surface area contributed by atoms with Crippen molar-refractivity contribution in [1.82, 2.24) is 34.3 Å². The van der Waals surface area contributed by atoms with Crippen LogP contribution in [0.4, 0.5) is 0 Å². The minimum absolute atomic E-state index is 0.688. The quantitative estimate of drug-likeness (QED) is 0.178. The van der Waals surface area contributed by atoms with Crippen molar-refractivity contribution in [2.45, 2.75) is 23.0 Å². The average Bonchev–Trinajstić information content (AvgIpc) is 3.66. The van der Waals surface area contributed by atoms with E-state index >= 15 is 0 Å². The van der Waals surface area contributed by atoms with Gasteiger partial charge in [-0.2, -0.15) is 5.10 Å². The molecule has 0 atom stereocenters. The predicted molar refractivity (Wildman–Crippen MR) is 166 cm³/mol. The summed E-state index contributed by atoms with van der Waals surface area (Å²) < 4.78 is 16.3. The number of rotatable bonds is 8. The van der Waals surface area contributed by atoms with Crippen molar-refractivity contribution in [1.29, 1.82) is 0 Å². The molecule has 2 aromatic carbocycles. The van der Waals surface area contributed by atoms with E-state index in [1.54, 1.807) is 32.2 Å². The molecule has 0 saturated carbocycles. The Hall–Kier alpha value is -4.48. The van der Waals surface area contributed by atoms with E-state index in [1.807, 2.05) is 70.0 Å². The number of halogens is 1. The summed E-state index contributed by atoms with van der Waals surface area (Å²) in [6.45, 7) is 0.688. The summed E-state index contributed by atoms with van der Waals surface area (Å²) in [5.74, 6) is 1.63. The van der Waals surface area contributed by atoms with E-state index in [0.717, 1.165) is 76.6 Å². The lowest BCUT2D eigenvalue weighted by Gasteiger charge is -2.11. The van der Waals surface area contributed by atoms with Crippen LogP contribution in [0.15, 0.2) is 100 Å². The fourth-order valence-corrected chi connectivity index (χ4v) is 6.24. The minimum atomic E-state index is 0.688. The van der Waals surface area contributed by atoms with Gasteiger partial charge in [0.2, 0.25) is 0 Å². The maximum atomic E-state index is 5.78. The number of methoxy groups -OCH3 is 2. The van der Waals surface area contributed by atoms with Gasteiger partial charge in [0.1, 0.15) is 11.5 Å². The van der Waals surface area contributed by atoms with Crippen LogP contribution in [0.2, 0.25) is 0 Å². The van der Waals surface area contributed by atoms with Gasteiger partial charge in [-0.15, -0.1) is 10.2 Å². The van der Waals surface area contributed by atoms with Crippen molar-refractivity contribution in [3.63, 3.8) is 0 Å². The SMILES string of the molecule is COc1ccnc2ccc(Sc3nnc4ccc(-c5cnn(CCc6cnc7ccc(Br)cc7c6OC)c5)cn34)cc12. The average molecular weight is 639 g/mol. The number of nitrogens with zero attached hydrogens (tertiary/aromatic N) is 7. The first kappa shape index (κ1) is 26.4. The largest absolute Gasteiger partial charge is 0.496 e. The van der Waals surface area contributed by atoms with Gasteiger partial charge in [0.25, 0.3) is 0 Å². The molecule has 0 fully saturated rings. The summed E-state index contributed by atoms with van der Waals surface area (Å²) in [5.41, 5.74) is 5.63. The summed E-state index contributed by atoms with van der Waals surface area (Å²) in [7, 11) is 3.37. The number of hydrogen-bond donors (Lipinski definition) is 0. The highest BCUT2D eigenvalue weighted by Crippen LogP contribution is 2.33. The Morgan fingerprint density at radius 3 is 2.60 bits per heavy atom. The van der Waals surface area contributed by atoms with Gasteiger partial charge in [0, 0.05) is 68.2 Å². The number of benzene rings is 2. The van der Waals surface area contributed by atoms with Gasteiger partial charge in [-0.1, -0.05) is 15.9 Å². The Morgan fingerprint density at radius 1 is 0.833 bits per heavy atom. The summed E-state index contributed by atoms with van der Waals surface area (Å²) >= 11 is 5.09. The maximum absolute atomic E-state index is 5.78. The van der Waals surface area contributed by atoms with Crippen molar-refractivity contribution in [2.75, 3.05) is 14.2 Å². The van der Waals surface area contributed by atoms with Gasteiger partial charge >= 0.3 is 0 Å². The molecular weight excluding hydrogens is 614 g/mol. The molecular formula is C31H24BrN7O2S. The number of aryl methyl sites for hydroxylation is 2. The van der Waals surface area contributed by atoms with E-state index in [9.17, 15) is 0 Å². The molecule has 0 amide bonds. The Labute approximate surface area is 253 Å². The van der Waals surface area contributed by atoms with E-state index in [2.05, 4.69) is 59.7 Å². The Morgan fingerprint density at radius 2 is 1.71 bits per heavy atom. The summed E-state index contributed by atoms with van der Waals surface area (Å²) in [4.78, 5) is 10.1. The normalized spacial score (nSPS) is 11.5. The molecule has 0 aliphatic carbocycles. The summed E-state index contributed by atoms with van der Waals surface area (Å²) in [6, 6.07) is 18.0. The first-order valence-corrected chi connectivity index (χ1v) is 14.8.